The predicted molar refractivity (Wildman–Crippen MR) is 72.2 cm³/mol. The number of benzene rings is 1. The van der Waals surface area contributed by atoms with E-state index in [0.717, 1.165) is 10.2 Å². The smallest absolute Gasteiger partial charge is 0.303 e. The van der Waals surface area contributed by atoms with Crippen molar-refractivity contribution in [2.45, 2.75) is 12.8 Å². The van der Waals surface area contributed by atoms with Gasteiger partial charge in [0, 0.05) is 12.6 Å². The standard InChI is InChI=1S/C12H10BrClN2O2/c13-8-7-16(11-4-2-1-3-9(11)14)15-10(8)5-6-12(17)18/h1-4,7H,5-6H2,(H,17,18). The minimum Gasteiger partial charge on any atom is -0.481 e. The van der Waals surface area contributed by atoms with Gasteiger partial charge in [-0.25, -0.2) is 4.68 Å². The van der Waals surface area contributed by atoms with Crippen LogP contribution in [0.5, 0.6) is 0 Å². The van der Waals surface area contributed by atoms with Crippen molar-refractivity contribution in [2.24, 2.45) is 0 Å². The molecular weight excluding hydrogens is 320 g/mol. The molecule has 0 spiro atoms. The van der Waals surface area contributed by atoms with Crippen molar-refractivity contribution < 1.29 is 9.90 Å². The summed E-state index contributed by atoms with van der Waals surface area (Å²) in [5, 5.41) is 13.6. The monoisotopic (exact) mass is 328 g/mol. The van der Waals surface area contributed by atoms with Gasteiger partial charge in [0.25, 0.3) is 0 Å². The first-order valence-corrected chi connectivity index (χ1v) is 6.46. The fourth-order valence-electron chi connectivity index (χ4n) is 1.54. The molecule has 1 aromatic carbocycles. The summed E-state index contributed by atoms with van der Waals surface area (Å²) in [7, 11) is 0. The lowest BCUT2D eigenvalue weighted by atomic mass is 10.2. The molecule has 0 fully saturated rings. The third-order valence-corrected chi connectivity index (χ3v) is 3.40. The zero-order valence-corrected chi connectivity index (χ0v) is 11.6. The second-order valence-electron chi connectivity index (χ2n) is 3.71. The Bertz CT molecular complexity index is 583. The number of carbonyl (C=O) groups is 1. The van der Waals surface area contributed by atoms with Crippen LogP contribution in [0.1, 0.15) is 12.1 Å². The molecule has 18 heavy (non-hydrogen) atoms. The number of aliphatic carboxylic acids is 1. The van der Waals surface area contributed by atoms with Gasteiger partial charge in [0.1, 0.15) is 0 Å². The van der Waals surface area contributed by atoms with Crippen LogP contribution in [0.4, 0.5) is 0 Å². The van der Waals surface area contributed by atoms with Crippen molar-refractivity contribution in [2.75, 3.05) is 0 Å². The van der Waals surface area contributed by atoms with Crippen LogP contribution in [0.25, 0.3) is 5.69 Å². The average Bonchev–Trinajstić information content (AvgIpc) is 2.68. The normalized spacial score (nSPS) is 10.6. The Labute approximate surface area is 117 Å². The van der Waals surface area contributed by atoms with E-state index in [9.17, 15) is 4.79 Å². The molecule has 0 aliphatic rings. The molecule has 6 heteroatoms. The van der Waals surface area contributed by atoms with Gasteiger partial charge in [-0.2, -0.15) is 5.10 Å². The molecule has 0 saturated carbocycles. The maximum atomic E-state index is 10.5. The predicted octanol–water partition coefficient (Wildman–Crippen LogP) is 3.31. The lowest BCUT2D eigenvalue weighted by Crippen LogP contribution is -2.00. The molecule has 0 aliphatic carbocycles. The molecule has 2 rings (SSSR count). The minimum absolute atomic E-state index is 0.0537. The SMILES string of the molecule is O=C(O)CCc1nn(-c2ccccc2Cl)cc1Br. The summed E-state index contributed by atoms with van der Waals surface area (Å²) in [5.41, 5.74) is 1.47. The van der Waals surface area contributed by atoms with Crippen LogP contribution in [0.3, 0.4) is 0 Å². The largest absolute Gasteiger partial charge is 0.481 e. The van der Waals surface area contributed by atoms with Gasteiger partial charge >= 0.3 is 5.97 Å². The number of carboxylic acids is 1. The van der Waals surface area contributed by atoms with Crippen molar-refractivity contribution in [1.29, 1.82) is 0 Å². The van der Waals surface area contributed by atoms with Crippen molar-refractivity contribution in [3.8, 4) is 5.69 Å². The number of aromatic nitrogens is 2. The molecule has 1 aromatic heterocycles. The van der Waals surface area contributed by atoms with Gasteiger partial charge in [-0.3, -0.25) is 4.79 Å². The summed E-state index contributed by atoms with van der Waals surface area (Å²) >= 11 is 9.45. The molecule has 0 amide bonds. The molecule has 1 heterocycles. The first-order valence-electron chi connectivity index (χ1n) is 5.28. The van der Waals surface area contributed by atoms with Crippen molar-refractivity contribution in [1.82, 2.24) is 9.78 Å². The molecule has 2 aromatic rings. The number of hydrogen-bond acceptors (Lipinski definition) is 2. The van der Waals surface area contributed by atoms with E-state index >= 15 is 0 Å². The number of hydrogen-bond donors (Lipinski definition) is 1. The molecule has 4 nitrogen and oxygen atoms in total. The number of halogens is 2. The first kappa shape index (κ1) is 13.1. The summed E-state index contributed by atoms with van der Waals surface area (Å²) in [6, 6.07) is 7.34. The average molecular weight is 330 g/mol. The Balaban J connectivity index is 2.29. The zero-order valence-electron chi connectivity index (χ0n) is 9.31. The summed E-state index contributed by atoms with van der Waals surface area (Å²) < 4.78 is 2.42. The minimum atomic E-state index is -0.839. The maximum Gasteiger partial charge on any atom is 0.303 e. The molecule has 0 radical (unpaired) electrons. The van der Waals surface area contributed by atoms with E-state index in [2.05, 4.69) is 21.0 Å². The second-order valence-corrected chi connectivity index (χ2v) is 4.97. The molecule has 0 aliphatic heterocycles. The second kappa shape index (κ2) is 5.54. The Morgan fingerprint density at radius 1 is 1.44 bits per heavy atom. The quantitative estimate of drug-likeness (QED) is 0.936. The fourth-order valence-corrected chi connectivity index (χ4v) is 2.24. The Morgan fingerprint density at radius 2 is 2.17 bits per heavy atom. The highest BCUT2D eigenvalue weighted by Gasteiger charge is 2.11. The van der Waals surface area contributed by atoms with E-state index in [1.54, 1.807) is 16.9 Å². The number of rotatable bonds is 4. The van der Waals surface area contributed by atoms with Crippen molar-refractivity contribution in [3.63, 3.8) is 0 Å². The number of para-hydroxylation sites is 1. The van der Waals surface area contributed by atoms with Crippen LogP contribution in [0.2, 0.25) is 5.02 Å². The molecule has 0 unspecified atom stereocenters. The number of aryl methyl sites for hydroxylation is 1. The van der Waals surface area contributed by atoms with E-state index in [-0.39, 0.29) is 6.42 Å². The summed E-state index contributed by atoms with van der Waals surface area (Å²) in [6.07, 6.45) is 2.21. The van der Waals surface area contributed by atoms with Crippen molar-refractivity contribution in [3.05, 3.63) is 45.7 Å². The lowest BCUT2D eigenvalue weighted by molar-refractivity contribution is -0.136. The van der Waals surface area contributed by atoms with E-state index in [1.807, 2.05) is 18.2 Å². The number of nitrogens with zero attached hydrogens (tertiary/aromatic N) is 2. The van der Waals surface area contributed by atoms with Gasteiger partial charge in [-0.1, -0.05) is 23.7 Å². The van der Waals surface area contributed by atoms with Gasteiger partial charge in [0.15, 0.2) is 0 Å². The maximum absolute atomic E-state index is 10.5. The van der Waals surface area contributed by atoms with Gasteiger partial charge in [-0.15, -0.1) is 0 Å². The van der Waals surface area contributed by atoms with E-state index in [4.69, 9.17) is 16.7 Å². The van der Waals surface area contributed by atoms with Crippen molar-refractivity contribution >= 4 is 33.5 Å². The fraction of sp³-hybridized carbons (Fsp3) is 0.167. The highest BCUT2D eigenvalue weighted by molar-refractivity contribution is 9.10. The van der Waals surface area contributed by atoms with E-state index < -0.39 is 5.97 Å². The molecule has 94 valence electrons. The Kier molecular flexibility index (Phi) is 4.04. The van der Waals surface area contributed by atoms with Crippen LogP contribution in [-0.2, 0) is 11.2 Å². The molecule has 0 saturated heterocycles. The Morgan fingerprint density at radius 3 is 2.83 bits per heavy atom. The van der Waals surface area contributed by atoms with E-state index in [0.29, 0.717) is 17.1 Å². The zero-order chi connectivity index (χ0) is 13.1. The summed E-state index contributed by atoms with van der Waals surface area (Å²) in [5.74, 6) is -0.839. The van der Waals surface area contributed by atoms with Gasteiger partial charge in [0.2, 0.25) is 0 Å². The molecule has 0 bridgehead atoms. The lowest BCUT2D eigenvalue weighted by Gasteiger charge is -2.02. The van der Waals surface area contributed by atoms with Crippen LogP contribution >= 0.6 is 27.5 Å². The number of carboxylic acid groups (broad SMARTS) is 1. The molecular formula is C12H10BrClN2O2. The highest BCUT2D eigenvalue weighted by Crippen LogP contribution is 2.23. The van der Waals surface area contributed by atoms with Crippen LogP contribution in [0.15, 0.2) is 34.9 Å². The highest BCUT2D eigenvalue weighted by atomic mass is 79.9. The van der Waals surface area contributed by atoms with E-state index in [1.165, 1.54) is 0 Å². The third kappa shape index (κ3) is 2.91. The van der Waals surface area contributed by atoms with Crippen LogP contribution in [-0.4, -0.2) is 20.9 Å². The third-order valence-electron chi connectivity index (χ3n) is 2.41. The molecule has 1 N–H and O–H groups in total. The first-order chi connectivity index (χ1) is 8.58. The summed E-state index contributed by atoms with van der Waals surface area (Å²) in [4.78, 5) is 10.5. The van der Waals surface area contributed by atoms with Crippen LogP contribution < -0.4 is 0 Å². The van der Waals surface area contributed by atoms with Gasteiger partial charge < -0.3 is 5.11 Å². The Hall–Kier alpha value is -1.33. The molecule has 0 atom stereocenters. The van der Waals surface area contributed by atoms with Gasteiger partial charge in [-0.05, 0) is 28.1 Å². The topological polar surface area (TPSA) is 55.1 Å². The van der Waals surface area contributed by atoms with Gasteiger partial charge in [0.05, 0.1) is 27.3 Å². The van der Waals surface area contributed by atoms with Crippen LogP contribution in [0, 0.1) is 0 Å². The summed E-state index contributed by atoms with van der Waals surface area (Å²) in [6.45, 7) is 0.